The van der Waals surface area contributed by atoms with Gasteiger partial charge in [0.1, 0.15) is 5.75 Å². The van der Waals surface area contributed by atoms with E-state index in [1.54, 1.807) is 12.0 Å². The minimum atomic E-state index is -0.502. The van der Waals surface area contributed by atoms with Crippen LogP contribution in [0.1, 0.15) is 28.9 Å². The molecule has 1 aliphatic heterocycles. The number of fused-ring (bicyclic) bond motifs is 2. The molecule has 1 aliphatic carbocycles. The van der Waals surface area contributed by atoms with E-state index in [1.807, 2.05) is 24.3 Å². The summed E-state index contributed by atoms with van der Waals surface area (Å²) in [5, 5.41) is 3.02. The molecule has 8 nitrogen and oxygen atoms in total. The zero-order valence-electron chi connectivity index (χ0n) is 16.3. The topological polar surface area (TPSA) is 104 Å². The number of H-pyrrole nitrogens is 1. The number of likely N-dealkylation sites (tertiary alicyclic amines) is 1. The van der Waals surface area contributed by atoms with Gasteiger partial charge in [0, 0.05) is 31.5 Å². The van der Waals surface area contributed by atoms with Crippen LogP contribution in [0.5, 0.6) is 5.75 Å². The molecular formula is C21H24N4O4. The zero-order valence-corrected chi connectivity index (χ0v) is 16.3. The van der Waals surface area contributed by atoms with Crippen LogP contribution in [0.4, 0.5) is 0 Å². The van der Waals surface area contributed by atoms with Crippen LogP contribution in [0, 0.1) is 11.8 Å². The molecule has 0 unspecified atom stereocenters. The van der Waals surface area contributed by atoms with Gasteiger partial charge in [-0.05, 0) is 36.8 Å². The number of nitrogens with zero attached hydrogens (tertiary/aromatic N) is 2. The molecule has 1 aromatic carbocycles. The van der Waals surface area contributed by atoms with Gasteiger partial charge in [-0.15, -0.1) is 0 Å². The summed E-state index contributed by atoms with van der Waals surface area (Å²) < 4.78 is 5.35. The summed E-state index contributed by atoms with van der Waals surface area (Å²) >= 11 is 0. The molecule has 1 aromatic heterocycles. The largest absolute Gasteiger partial charge is 0.496 e. The van der Waals surface area contributed by atoms with E-state index in [-0.39, 0.29) is 29.5 Å². The number of hydrogen-bond donors (Lipinski definition) is 2. The number of piperidine rings is 1. The fraction of sp³-hybridized carbons (Fsp3) is 0.429. The van der Waals surface area contributed by atoms with Crippen molar-refractivity contribution in [2.45, 2.75) is 25.3 Å². The molecule has 2 N–H and O–H groups in total. The predicted molar refractivity (Wildman–Crippen MR) is 106 cm³/mol. The first-order chi connectivity index (χ1) is 14.1. The van der Waals surface area contributed by atoms with Gasteiger partial charge < -0.3 is 19.9 Å². The number of para-hydroxylation sites is 1. The second-order valence-electron chi connectivity index (χ2n) is 7.51. The minimum Gasteiger partial charge on any atom is -0.496 e. The van der Waals surface area contributed by atoms with Gasteiger partial charge in [-0.2, -0.15) is 0 Å². The molecule has 0 radical (unpaired) electrons. The highest BCUT2D eigenvalue weighted by Crippen LogP contribution is 2.43. The van der Waals surface area contributed by atoms with Gasteiger partial charge in [0.25, 0.3) is 11.5 Å². The molecule has 3 atom stereocenters. The Morgan fingerprint density at radius 3 is 2.93 bits per heavy atom. The molecule has 2 aromatic rings. The molecule has 29 heavy (non-hydrogen) atoms. The molecule has 1 saturated carbocycles. The number of hydrogen-bond acceptors (Lipinski definition) is 5. The monoisotopic (exact) mass is 396 g/mol. The number of methoxy groups -OCH3 is 1. The molecule has 2 fully saturated rings. The van der Waals surface area contributed by atoms with Crippen molar-refractivity contribution in [3.63, 3.8) is 0 Å². The first kappa shape index (κ1) is 19.2. The Balaban J connectivity index is 1.39. The van der Waals surface area contributed by atoms with E-state index in [4.69, 9.17) is 4.74 Å². The Labute approximate surface area is 168 Å². The number of nitrogens with one attached hydrogen (secondary N) is 2. The van der Waals surface area contributed by atoms with Gasteiger partial charge in [-0.1, -0.05) is 18.2 Å². The van der Waals surface area contributed by atoms with Gasteiger partial charge in [0.15, 0.2) is 5.69 Å². The highest BCUT2D eigenvalue weighted by Gasteiger charge is 2.52. The molecule has 2 heterocycles. The average Bonchev–Trinajstić information content (AvgIpc) is 3.32. The number of aromatic amines is 1. The van der Waals surface area contributed by atoms with E-state index >= 15 is 0 Å². The van der Waals surface area contributed by atoms with Crippen molar-refractivity contribution in [1.29, 1.82) is 0 Å². The number of carbonyl (C=O) groups is 2. The molecule has 2 bridgehead atoms. The summed E-state index contributed by atoms with van der Waals surface area (Å²) in [5.74, 6) is 0.265. The fourth-order valence-electron chi connectivity index (χ4n) is 4.61. The zero-order chi connectivity index (χ0) is 20.4. The van der Waals surface area contributed by atoms with Crippen LogP contribution in [-0.2, 0) is 11.2 Å². The van der Waals surface area contributed by atoms with E-state index < -0.39 is 11.5 Å². The van der Waals surface area contributed by atoms with E-state index in [0.717, 1.165) is 24.2 Å². The third-order valence-electron chi connectivity index (χ3n) is 5.95. The third-order valence-corrected chi connectivity index (χ3v) is 5.95. The van der Waals surface area contributed by atoms with Crippen LogP contribution >= 0.6 is 0 Å². The van der Waals surface area contributed by atoms with Crippen LogP contribution in [-0.4, -0.2) is 52.9 Å². The van der Waals surface area contributed by atoms with Crippen LogP contribution in [0.2, 0.25) is 0 Å². The number of aromatic nitrogens is 2. The Morgan fingerprint density at radius 2 is 2.14 bits per heavy atom. The lowest BCUT2D eigenvalue weighted by atomic mass is 9.97. The average molecular weight is 396 g/mol. The van der Waals surface area contributed by atoms with Crippen molar-refractivity contribution in [2.75, 3.05) is 20.2 Å². The molecule has 1 saturated heterocycles. The second-order valence-corrected chi connectivity index (χ2v) is 7.51. The van der Waals surface area contributed by atoms with E-state index in [1.165, 1.54) is 12.4 Å². The van der Waals surface area contributed by atoms with E-state index in [2.05, 4.69) is 15.3 Å². The van der Waals surface area contributed by atoms with Crippen molar-refractivity contribution in [2.24, 2.45) is 11.8 Å². The van der Waals surface area contributed by atoms with Crippen molar-refractivity contribution < 1.29 is 14.3 Å². The second kappa shape index (κ2) is 8.06. The number of rotatable bonds is 6. The highest BCUT2D eigenvalue weighted by atomic mass is 16.5. The first-order valence-electron chi connectivity index (χ1n) is 9.84. The normalized spacial score (nSPS) is 22.5. The fourth-order valence-corrected chi connectivity index (χ4v) is 4.61. The lowest BCUT2D eigenvalue weighted by Gasteiger charge is -2.26. The number of ether oxygens (including phenoxy) is 1. The van der Waals surface area contributed by atoms with Crippen LogP contribution < -0.4 is 15.6 Å². The smallest absolute Gasteiger partial charge is 0.279 e. The van der Waals surface area contributed by atoms with Crippen molar-refractivity contribution >= 4 is 11.8 Å². The Morgan fingerprint density at radius 1 is 1.31 bits per heavy atom. The van der Waals surface area contributed by atoms with Crippen molar-refractivity contribution in [3.05, 3.63) is 58.3 Å². The van der Waals surface area contributed by atoms with Crippen molar-refractivity contribution in [1.82, 2.24) is 20.2 Å². The maximum absolute atomic E-state index is 12.9. The summed E-state index contributed by atoms with van der Waals surface area (Å²) in [7, 11) is 1.63. The molecule has 152 valence electrons. The summed E-state index contributed by atoms with van der Waals surface area (Å²) in [6.45, 7) is 0.993. The van der Waals surface area contributed by atoms with E-state index in [0.29, 0.717) is 19.5 Å². The van der Waals surface area contributed by atoms with Gasteiger partial charge in [0.2, 0.25) is 5.91 Å². The van der Waals surface area contributed by atoms with Gasteiger partial charge in [-0.3, -0.25) is 14.4 Å². The van der Waals surface area contributed by atoms with Gasteiger partial charge in [0.05, 0.1) is 13.0 Å². The summed E-state index contributed by atoms with van der Waals surface area (Å²) in [5.41, 5.74) is 0.421. The molecular weight excluding hydrogens is 372 g/mol. The third kappa shape index (κ3) is 3.62. The Kier molecular flexibility index (Phi) is 5.33. The van der Waals surface area contributed by atoms with Crippen LogP contribution in [0.25, 0.3) is 0 Å². The van der Waals surface area contributed by atoms with Crippen molar-refractivity contribution in [3.8, 4) is 5.75 Å². The standard InChI is InChI=1S/C21H24N4O4/c1-29-16-5-3-2-4-13(16)8-9-23-19(26)17-14-6-7-15(17)25(12-14)21(28)18-20(27)24-11-10-22-18/h2-5,10-11,14-15,17H,6-9,12H2,1H3,(H,23,26)(H,24,27)/t14-,15-,17+/m0/s1. The minimum absolute atomic E-state index is 0.0300. The maximum Gasteiger partial charge on any atom is 0.279 e. The highest BCUT2D eigenvalue weighted by molar-refractivity contribution is 5.93. The predicted octanol–water partition coefficient (Wildman–Crippen LogP) is 0.988. The molecule has 2 amide bonds. The first-order valence-corrected chi connectivity index (χ1v) is 9.84. The van der Waals surface area contributed by atoms with E-state index in [9.17, 15) is 14.4 Å². The Bertz CT molecular complexity index is 973. The van der Waals surface area contributed by atoms with Gasteiger partial charge in [-0.25, -0.2) is 4.98 Å². The van der Waals surface area contributed by atoms with Crippen LogP contribution in [0.15, 0.2) is 41.5 Å². The summed E-state index contributed by atoms with van der Waals surface area (Å²) in [4.78, 5) is 45.6. The maximum atomic E-state index is 12.9. The molecule has 0 spiro atoms. The lowest BCUT2D eigenvalue weighted by molar-refractivity contribution is -0.125. The molecule has 8 heteroatoms. The number of benzene rings is 1. The summed E-state index contributed by atoms with van der Waals surface area (Å²) in [6, 6.07) is 7.56. The summed E-state index contributed by atoms with van der Waals surface area (Å²) in [6.07, 6.45) is 5.14. The lowest BCUT2D eigenvalue weighted by Crippen LogP contribution is -2.43. The molecule has 4 rings (SSSR count). The quantitative estimate of drug-likeness (QED) is 0.758. The van der Waals surface area contributed by atoms with Gasteiger partial charge >= 0.3 is 0 Å². The number of amides is 2. The van der Waals surface area contributed by atoms with Crippen LogP contribution in [0.3, 0.4) is 0 Å². The Hall–Kier alpha value is -3.16. The number of carbonyl (C=O) groups excluding carboxylic acids is 2. The SMILES string of the molecule is COc1ccccc1CCNC(=O)[C@@H]1[C@H]2CC[C@@H]1N(C(=O)c1ncc[nH]c1=O)C2. The molecule has 2 aliphatic rings.